The molecule has 7 heteroatoms. The maximum Gasteiger partial charge on any atom is 0.323 e. The van der Waals surface area contributed by atoms with E-state index in [0.29, 0.717) is 24.5 Å². The second-order valence-electron chi connectivity index (χ2n) is 4.99. The number of carbonyl (C=O) groups excluding carboxylic acids is 1. The molecule has 0 saturated carbocycles. The molecule has 7 nitrogen and oxygen atoms in total. The van der Waals surface area contributed by atoms with Crippen molar-refractivity contribution in [3.8, 4) is 17.0 Å². The van der Waals surface area contributed by atoms with Crippen LogP contribution in [-0.2, 0) is 11.3 Å². The normalized spacial score (nSPS) is 13.9. The first-order valence-electron chi connectivity index (χ1n) is 6.82. The minimum atomic E-state index is -1.02. The minimum Gasteiger partial charge on any atom is -0.497 e. The van der Waals surface area contributed by atoms with E-state index in [4.69, 9.17) is 9.84 Å². The molecule has 0 radical (unpaired) electrons. The summed E-state index contributed by atoms with van der Waals surface area (Å²) < 4.78 is 6.74. The Labute approximate surface area is 126 Å². The van der Waals surface area contributed by atoms with E-state index in [9.17, 15) is 9.59 Å². The molecule has 1 aliphatic rings. The summed E-state index contributed by atoms with van der Waals surface area (Å²) in [5, 5.41) is 13.3. The molecule has 0 saturated heterocycles. The van der Waals surface area contributed by atoms with Crippen LogP contribution in [0.2, 0.25) is 0 Å². The van der Waals surface area contributed by atoms with Crippen LogP contribution in [0.3, 0.4) is 0 Å². The molecule has 1 aliphatic heterocycles. The highest BCUT2D eigenvalue weighted by Crippen LogP contribution is 2.24. The van der Waals surface area contributed by atoms with Crippen molar-refractivity contribution < 1.29 is 19.4 Å². The summed E-state index contributed by atoms with van der Waals surface area (Å²) in [6.45, 7) is 0.550. The highest BCUT2D eigenvalue weighted by molar-refractivity contribution is 5.96. The molecule has 0 aliphatic carbocycles. The Hall–Kier alpha value is -2.83. The van der Waals surface area contributed by atoms with Crippen molar-refractivity contribution in [2.75, 3.05) is 20.2 Å². The van der Waals surface area contributed by atoms with Crippen LogP contribution in [-0.4, -0.2) is 51.9 Å². The van der Waals surface area contributed by atoms with Gasteiger partial charge in [-0.2, -0.15) is 5.10 Å². The van der Waals surface area contributed by atoms with Crippen LogP contribution in [0.4, 0.5) is 0 Å². The van der Waals surface area contributed by atoms with Crippen molar-refractivity contribution in [2.24, 2.45) is 0 Å². The van der Waals surface area contributed by atoms with Gasteiger partial charge in [0.25, 0.3) is 5.91 Å². The zero-order chi connectivity index (χ0) is 15.7. The number of nitrogens with zero attached hydrogens (tertiary/aromatic N) is 3. The number of amides is 1. The third-order valence-electron chi connectivity index (χ3n) is 3.58. The van der Waals surface area contributed by atoms with Gasteiger partial charge in [-0.05, 0) is 30.3 Å². The smallest absolute Gasteiger partial charge is 0.323 e. The monoisotopic (exact) mass is 301 g/mol. The Balaban J connectivity index is 1.89. The number of fused-ring (bicyclic) bond motifs is 1. The summed E-state index contributed by atoms with van der Waals surface area (Å²) in [4.78, 5) is 24.4. The Morgan fingerprint density at radius 3 is 2.68 bits per heavy atom. The standard InChI is InChI=1S/C15H15N3O4/c1-22-11-4-2-10(3-5-11)12-8-13-15(21)17(9-14(19)20)6-7-18(13)16-12/h2-5,8H,6-7,9H2,1H3,(H,19,20). The average Bonchev–Trinajstić information content (AvgIpc) is 2.95. The highest BCUT2D eigenvalue weighted by atomic mass is 16.5. The van der Waals surface area contributed by atoms with Gasteiger partial charge in [-0.3, -0.25) is 14.3 Å². The first-order valence-corrected chi connectivity index (χ1v) is 6.82. The molecule has 1 aromatic heterocycles. The van der Waals surface area contributed by atoms with Crippen molar-refractivity contribution in [3.05, 3.63) is 36.0 Å². The van der Waals surface area contributed by atoms with Crippen LogP contribution in [0, 0.1) is 0 Å². The lowest BCUT2D eigenvalue weighted by atomic mass is 10.1. The van der Waals surface area contributed by atoms with Crippen molar-refractivity contribution in [1.29, 1.82) is 0 Å². The summed E-state index contributed by atoms with van der Waals surface area (Å²) in [6, 6.07) is 9.08. The highest BCUT2D eigenvalue weighted by Gasteiger charge is 2.27. The molecule has 1 N–H and O–H groups in total. The molecular formula is C15H15N3O4. The molecule has 0 unspecified atom stereocenters. The van der Waals surface area contributed by atoms with Crippen LogP contribution in [0.15, 0.2) is 30.3 Å². The van der Waals surface area contributed by atoms with E-state index in [0.717, 1.165) is 11.3 Å². The molecule has 114 valence electrons. The second-order valence-corrected chi connectivity index (χ2v) is 4.99. The van der Waals surface area contributed by atoms with E-state index in [1.54, 1.807) is 17.9 Å². The van der Waals surface area contributed by atoms with Crippen molar-refractivity contribution >= 4 is 11.9 Å². The molecule has 2 heterocycles. The fourth-order valence-corrected chi connectivity index (χ4v) is 2.46. The quantitative estimate of drug-likeness (QED) is 0.914. The predicted molar refractivity (Wildman–Crippen MR) is 77.8 cm³/mol. The minimum absolute atomic E-state index is 0.290. The SMILES string of the molecule is COc1ccc(-c2cc3n(n2)CCN(CC(=O)O)C3=O)cc1. The van der Waals surface area contributed by atoms with Gasteiger partial charge in [0, 0.05) is 12.1 Å². The van der Waals surface area contributed by atoms with Gasteiger partial charge >= 0.3 is 5.97 Å². The summed E-state index contributed by atoms with van der Waals surface area (Å²) in [7, 11) is 1.60. The zero-order valence-corrected chi connectivity index (χ0v) is 12.0. The molecule has 0 atom stereocenters. The predicted octanol–water partition coefficient (Wildman–Crippen LogP) is 1.10. The fourth-order valence-electron chi connectivity index (χ4n) is 2.46. The fraction of sp³-hybridized carbons (Fsp3) is 0.267. The molecule has 2 aromatic rings. The maximum atomic E-state index is 12.3. The van der Waals surface area contributed by atoms with E-state index >= 15 is 0 Å². The van der Waals surface area contributed by atoms with Crippen LogP contribution in [0.1, 0.15) is 10.5 Å². The summed E-state index contributed by atoms with van der Waals surface area (Å²) in [5.41, 5.74) is 1.97. The first kappa shape index (κ1) is 14.1. The summed E-state index contributed by atoms with van der Waals surface area (Å²) >= 11 is 0. The lowest BCUT2D eigenvalue weighted by molar-refractivity contribution is -0.137. The number of carboxylic acid groups (broad SMARTS) is 1. The van der Waals surface area contributed by atoms with Gasteiger partial charge in [-0.1, -0.05) is 0 Å². The van der Waals surface area contributed by atoms with Crippen molar-refractivity contribution in [1.82, 2.24) is 14.7 Å². The van der Waals surface area contributed by atoms with Gasteiger partial charge in [-0.25, -0.2) is 0 Å². The number of carboxylic acids is 1. The zero-order valence-electron chi connectivity index (χ0n) is 12.0. The van der Waals surface area contributed by atoms with Gasteiger partial charge in [0.1, 0.15) is 18.0 Å². The number of methoxy groups -OCH3 is 1. The van der Waals surface area contributed by atoms with E-state index in [1.165, 1.54) is 4.90 Å². The van der Waals surface area contributed by atoms with E-state index < -0.39 is 5.97 Å². The number of aliphatic carboxylic acids is 1. The van der Waals surface area contributed by atoms with Crippen LogP contribution in [0.5, 0.6) is 5.75 Å². The van der Waals surface area contributed by atoms with Crippen molar-refractivity contribution in [3.63, 3.8) is 0 Å². The van der Waals surface area contributed by atoms with Crippen LogP contribution in [0.25, 0.3) is 11.3 Å². The third kappa shape index (κ3) is 2.52. The topological polar surface area (TPSA) is 84.7 Å². The number of benzene rings is 1. The molecular weight excluding hydrogens is 286 g/mol. The van der Waals surface area contributed by atoms with Crippen LogP contribution < -0.4 is 4.74 Å². The lowest BCUT2D eigenvalue weighted by Crippen LogP contribution is -2.43. The third-order valence-corrected chi connectivity index (χ3v) is 3.58. The van der Waals surface area contributed by atoms with E-state index in [2.05, 4.69) is 5.10 Å². The van der Waals surface area contributed by atoms with Gasteiger partial charge in [-0.15, -0.1) is 0 Å². The Kier molecular flexibility index (Phi) is 3.54. The van der Waals surface area contributed by atoms with E-state index in [-0.39, 0.29) is 12.5 Å². The number of carbonyl (C=O) groups is 2. The Morgan fingerprint density at radius 1 is 1.32 bits per heavy atom. The van der Waals surface area contributed by atoms with Crippen molar-refractivity contribution in [2.45, 2.75) is 6.54 Å². The van der Waals surface area contributed by atoms with E-state index in [1.807, 2.05) is 24.3 Å². The lowest BCUT2D eigenvalue weighted by Gasteiger charge is -2.25. The summed E-state index contributed by atoms with van der Waals surface area (Å²) in [5.74, 6) is -0.575. The number of aromatic nitrogens is 2. The Bertz CT molecular complexity index is 721. The molecule has 22 heavy (non-hydrogen) atoms. The largest absolute Gasteiger partial charge is 0.497 e. The second kappa shape index (κ2) is 5.51. The number of hydrogen-bond acceptors (Lipinski definition) is 4. The van der Waals surface area contributed by atoms with Crippen LogP contribution >= 0.6 is 0 Å². The average molecular weight is 301 g/mol. The number of rotatable bonds is 4. The number of hydrogen-bond donors (Lipinski definition) is 1. The van der Waals surface area contributed by atoms with Gasteiger partial charge in [0.15, 0.2) is 0 Å². The molecule has 3 rings (SSSR count). The molecule has 0 fully saturated rings. The molecule has 1 aromatic carbocycles. The van der Waals surface area contributed by atoms with Gasteiger partial charge < -0.3 is 14.7 Å². The van der Waals surface area contributed by atoms with Gasteiger partial charge in [0.05, 0.1) is 19.3 Å². The van der Waals surface area contributed by atoms with Gasteiger partial charge in [0.2, 0.25) is 0 Å². The Morgan fingerprint density at radius 2 is 2.05 bits per heavy atom. The molecule has 0 bridgehead atoms. The molecule has 1 amide bonds. The molecule has 0 spiro atoms. The first-order chi connectivity index (χ1) is 10.6. The maximum absolute atomic E-state index is 12.3. The number of ether oxygens (including phenoxy) is 1. The summed E-state index contributed by atoms with van der Waals surface area (Å²) in [6.07, 6.45) is 0.